The van der Waals surface area contributed by atoms with E-state index in [-0.39, 0.29) is 0 Å². The second-order valence-corrected chi connectivity index (χ2v) is 2.70. The lowest BCUT2D eigenvalue weighted by atomic mass is 10.1. The second kappa shape index (κ2) is 4.70. The third kappa shape index (κ3) is 2.62. The molecule has 0 spiro atoms. The largest absolute Gasteiger partial charge is 0.277 e. The Labute approximate surface area is 85.3 Å². The van der Waals surface area contributed by atoms with Crippen LogP contribution in [0.15, 0.2) is 23.4 Å². The zero-order valence-electron chi connectivity index (χ0n) is 6.37. The molecular weight excluding hydrogens is 211 g/mol. The summed E-state index contributed by atoms with van der Waals surface area (Å²) in [6.07, 6.45) is 1.33. The van der Waals surface area contributed by atoms with Gasteiger partial charge in [0.15, 0.2) is 11.9 Å². The number of benzene rings is 1. The fourth-order valence-electron chi connectivity index (χ4n) is 0.789. The van der Waals surface area contributed by atoms with Crippen LogP contribution in [0.25, 0.3) is 0 Å². The van der Waals surface area contributed by atoms with Crippen molar-refractivity contribution in [3.05, 3.63) is 34.3 Å². The molecule has 0 bridgehead atoms. The second-order valence-electron chi connectivity index (χ2n) is 2.15. The van der Waals surface area contributed by atoms with E-state index in [9.17, 15) is 0 Å². The minimum Gasteiger partial charge on any atom is -0.277 e. The Morgan fingerprint density at radius 3 is 2.92 bits per heavy atom. The van der Waals surface area contributed by atoms with Gasteiger partial charge in [0, 0.05) is 10.6 Å². The van der Waals surface area contributed by atoms with Crippen molar-refractivity contribution < 1.29 is 4.39 Å². The molecule has 0 aliphatic carbocycles. The molecule has 5 heteroatoms. The number of halogens is 2. The highest BCUT2D eigenvalue weighted by atomic mass is 35.5. The average Bonchev–Trinajstić information content (AvgIpc) is 2.17. The lowest BCUT2D eigenvalue weighted by Gasteiger charge is -1.96. The summed E-state index contributed by atoms with van der Waals surface area (Å²) >= 11 is 10.7. The van der Waals surface area contributed by atoms with E-state index in [0.717, 1.165) is 0 Å². The third-order valence-corrected chi connectivity index (χ3v) is 1.78. The molecule has 0 fully saturated rings. The standard InChI is InChI=1S/C8H4Cl2N2O/c9-8-2-1-6(4-11)3-7(8)5-12-13-10/h1-3,5H/b12-5+. The van der Waals surface area contributed by atoms with Gasteiger partial charge in [-0.25, -0.2) is 0 Å². The van der Waals surface area contributed by atoms with Crippen LogP contribution in [0, 0.1) is 11.3 Å². The SMILES string of the molecule is N#Cc1ccc(Cl)c(/C=N/OCl)c1. The molecular formula is C8H4Cl2N2O. The van der Waals surface area contributed by atoms with E-state index < -0.39 is 0 Å². The van der Waals surface area contributed by atoms with Crippen LogP contribution in [-0.4, -0.2) is 6.21 Å². The van der Waals surface area contributed by atoms with Gasteiger partial charge in [-0.2, -0.15) is 5.26 Å². The minimum atomic E-state index is 0.483. The highest BCUT2D eigenvalue weighted by Crippen LogP contribution is 2.15. The van der Waals surface area contributed by atoms with Crippen molar-refractivity contribution in [2.24, 2.45) is 5.16 Å². The molecule has 13 heavy (non-hydrogen) atoms. The first-order chi connectivity index (χ1) is 6.27. The van der Waals surface area contributed by atoms with E-state index in [0.29, 0.717) is 16.1 Å². The molecule has 66 valence electrons. The van der Waals surface area contributed by atoms with Gasteiger partial charge in [0.05, 0.1) is 17.8 Å². The van der Waals surface area contributed by atoms with Gasteiger partial charge in [-0.15, -0.1) is 0 Å². The maximum atomic E-state index is 8.58. The maximum Gasteiger partial charge on any atom is 0.167 e. The van der Waals surface area contributed by atoms with Crippen LogP contribution in [0.5, 0.6) is 0 Å². The first kappa shape index (κ1) is 9.85. The van der Waals surface area contributed by atoms with Crippen molar-refractivity contribution in [1.29, 1.82) is 5.26 Å². The Morgan fingerprint density at radius 2 is 2.31 bits per heavy atom. The molecule has 0 saturated heterocycles. The number of nitrogens with zero attached hydrogens (tertiary/aromatic N) is 2. The Balaban J connectivity index is 3.06. The van der Waals surface area contributed by atoms with Crippen molar-refractivity contribution in [2.45, 2.75) is 0 Å². The maximum absolute atomic E-state index is 8.58. The van der Waals surface area contributed by atoms with Gasteiger partial charge >= 0.3 is 0 Å². The van der Waals surface area contributed by atoms with Crippen LogP contribution in [0.3, 0.4) is 0 Å². The zero-order valence-corrected chi connectivity index (χ0v) is 7.88. The van der Waals surface area contributed by atoms with Gasteiger partial charge in [0.25, 0.3) is 0 Å². The number of oxime groups is 1. The van der Waals surface area contributed by atoms with E-state index in [1.54, 1.807) is 18.2 Å². The molecule has 0 atom stereocenters. The third-order valence-electron chi connectivity index (χ3n) is 1.36. The van der Waals surface area contributed by atoms with E-state index in [4.69, 9.17) is 28.7 Å². The quantitative estimate of drug-likeness (QED) is 0.562. The molecule has 0 amide bonds. The molecule has 0 unspecified atom stereocenters. The van der Waals surface area contributed by atoms with Crippen molar-refractivity contribution in [3.8, 4) is 6.07 Å². The predicted molar refractivity (Wildman–Crippen MR) is 50.7 cm³/mol. The summed E-state index contributed by atoms with van der Waals surface area (Å²) in [4.78, 5) is 0. The summed E-state index contributed by atoms with van der Waals surface area (Å²) in [6.45, 7) is 0. The summed E-state index contributed by atoms with van der Waals surface area (Å²) in [6, 6.07) is 6.78. The molecule has 0 aliphatic rings. The van der Waals surface area contributed by atoms with Crippen molar-refractivity contribution in [3.63, 3.8) is 0 Å². The Kier molecular flexibility index (Phi) is 3.56. The molecule has 3 nitrogen and oxygen atoms in total. The van der Waals surface area contributed by atoms with Gasteiger partial charge in [-0.3, -0.25) is 4.39 Å². The Bertz CT molecular complexity index is 371. The van der Waals surface area contributed by atoms with Gasteiger partial charge in [-0.05, 0) is 18.2 Å². The van der Waals surface area contributed by atoms with Crippen molar-refractivity contribution in [1.82, 2.24) is 0 Å². The topological polar surface area (TPSA) is 45.4 Å². The molecule has 0 saturated carbocycles. The van der Waals surface area contributed by atoms with Crippen LogP contribution in [0.1, 0.15) is 11.1 Å². The molecule has 0 aliphatic heterocycles. The fraction of sp³-hybridized carbons (Fsp3) is 0. The van der Waals surface area contributed by atoms with Crippen molar-refractivity contribution in [2.75, 3.05) is 0 Å². The highest BCUT2D eigenvalue weighted by molar-refractivity contribution is 6.33. The molecule has 0 N–H and O–H groups in total. The summed E-state index contributed by atoms with van der Waals surface area (Å²) in [5, 5.41) is 12.4. The Morgan fingerprint density at radius 1 is 1.54 bits per heavy atom. The normalized spacial score (nSPS) is 9.92. The van der Waals surface area contributed by atoms with Gasteiger partial charge in [0.2, 0.25) is 0 Å². The highest BCUT2D eigenvalue weighted by Gasteiger charge is 1.98. The Hall–Kier alpha value is -1.24. The summed E-state index contributed by atoms with van der Waals surface area (Å²) in [7, 11) is 0. The first-order valence-corrected chi connectivity index (χ1v) is 3.97. The molecule has 0 radical (unpaired) electrons. The minimum absolute atomic E-state index is 0.483. The van der Waals surface area contributed by atoms with E-state index in [1.165, 1.54) is 6.21 Å². The summed E-state index contributed by atoms with van der Waals surface area (Å²) < 4.78 is 3.97. The van der Waals surface area contributed by atoms with Crippen molar-refractivity contribution >= 4 is 29.7 Å². The molecule has 1 rings (SSSR count). The summed E-state index contributed by atoms with van der Waals surface area (Å²) in [5.41, 5.74) is 1.08. The van der Waals surface area contributed by atoms with Crippen LogP contribution >= 0.6 is 23.5 Å². The van der Waals surface area contributed by atoms with E-state index in [2.05, 4.69) is 9.55 Å². The number of hydrogen-bond acceptors (Lipinski definition) is 3. The first-order valence-electron chi connectivity index (χ1n) is 3.28. The van der Waals surface area contributed by atoms with Gasteiger partial charge in [-0.1, -0.05) is 16.8 Å². The predicted octanol–water partition coefficient (Wildman–Crippen LogP) is 2.72. The van der Waals surface area contributed by atoms with Crippen LogP contribution in [-0.2, 0) is 4.39 Å². The smallest absolute Gasteiger partial charge is 0.167 e. The van der Waals surface area contributed by atoms with Crippen LogP contribution in [0.2, 0.25) is 5.02 Å². The van der Waals surface area contributed by atoms with E-state index >= 15 is 0 Å². The number of nitriles is 1. The number of hydrogen-bond donors (Lipinski definition) is 0. The van der Waals surface area contributed by atoms with E-state index in [1.807, 2.05) is 6.07 Å². The molecule has 1 aromatic carbocycles. The van der Waals surface area contributed by atoms with Gasteiger partial charge < -0.3 is 0 Å². The monoisotopic (exact) mass is 214 g/mol. The summed E-state index contributed by atoms with van der Waals surface area (Å²) in [5.74, 6) is 0. The van der Waals surface area contributed by atoms with Gasteiger partial charge in [0.1, 0.15) is 0 Å². The zero-order chi connectivity index (χ0) is 9.68. The molecule has 0 heterocycles. The molecule has 0 aromatic heterocycles. The average molecular weight is 215 g/mol. The number of rotatable bonds is 2. The molecule has 1 aromatic rings. The lowest BCUT2D eigenvalue weighted by molar-refractivity contribution is 0.383. The van der Waals surface area contributed by atoms with Crippen LogP contribution < -0.4 is 0 Å². The fourth-order valence-corrected chi connectivity index (χ4v) is 0.995. The van der Waals surface area contributed by atoms with Crippen LogP contribution in [0.4, 0.5) is 0 Å². The lowest BCUT2D eigenvalue weighted by Crippen LogP contribution is -1.85.